The molecular formula is C20H23F2. The first-order valence-corrected chi connectivity index (χ1v) is 7.53. The average molecular weight is 301 g/mol. The molecule has 2 heteroatoms. The summed E-state index contributed by atoms with van der Waals surface area (Å²) in [4.78, 5) is 0. The fourth-order valence-electron chi connectivity index (χ4n) is 2.76. The van der Waals surface area contributed by atoms with Crippen LogP contribution in [-0.2, 0) is 10.8 Å². The normalized spacial score (nSPS) is 12.5. The zero-order valence-corrected chi connectivity index (χ0v) is 14.1. The van der Waals surface area contributed by atoms with E-state index in [1.54, 1.807) is 0 Å². The van der Waals surface area contributed by atoms with Crippen molar-refractivity contribution in [2.75, 3.05) is 0 Å². The fraction of sp³-hybridized carbons (Fsp3) is 0.400. The molecule has 2 rings (SSSR count). The second-order valence-corrected chi connectivity index (χ2v) is 7.79. The van der Waals surface area contributed by atoms with Gasteiger partial charge in [-0.2, -0.15) is 0 Å². The largest absolute Gasteiger partial charge is 0.206 e. The first kappa shape index (κ1) is 16.7. The molecule has 0 fully saturated rings. The van der Waals surface area contributed by atoms with Gasteiger partial charge in [-0.1, -0.05) is 59.7 Å². The van der Waals surface area contributed by atoms with Gasteiger partial charge in [0, 0.05) is 0 Å². The average Bonchev–Trinajstić information content (AvgIpc) is 2.34. The third kappa shape index (κ3) is 3.37. The van der Waals surface area contributed by atoms with E-state index in [4.69, 9.17) is 0 Å². The first-order valence-electron chi connectivity index (χ1n) is 7.53. The second-order valence-electron chi connectivity index (χ2n) is 7.79. The molecule has 0 saturated heterocycles. The summed E-state index contributed by atoms with van der Waals surface area (Å²) in [5, 5.41) is 0. The molecule has 0 N–H and O–H groups in total. The van der Waals surface area contributed by atoms with E-state index in [-0.39, 0.29) is 10.8 Å². The van der Waals surface area contributed by atoms with Crippen molar-refractivity contribution < 1.29 is 8.78 Å². The van der Waals surface area contributed by atoms with Gasteiger partial charge in [0.25, 0.3) is 0 Å². The zero-order chi connectivity index (χ0) is 16.7. The highest BCUT2D eigenvalue weighted by Gasteiger charge is 2.26. The lowest BCUT2D eigenvalue weighted by Crippen LogP contribution is -2.19. The Morgan fingerprint density at radius 1 is 0.773 bits per heavy atom. The van der Waals surface area contributed by atoms with E-state index in [2.05, 4.69) is 47.6 Å². The lowest BCUT2D eigenvalue weighted by Gasteiger charge is -2.30. The van der Waals surface area contributed by atoms with Crippen molar-refractivity contribution in [2.45, 2.75) is 52.4 Å². The summed E-state index contributed by atoms with van der Waals surface area (Å²) in [5.41, 5.74) is 3.43. The highest BCUT2D eigenvalue weighted by atomic mass is 19.1. The Kier molecular flexibility index (Phi) is 4.16. The number of hydrogen-bond donors (Lipinski definition) is 0. The Hall–Kier alpha value is -1.70. The molecule has 0 heterocycles. The van der Waals surface area contributed by atoms with Gasteiger partial charge in [0.2, 0.25) is 0 Å². The van der Waals surface area contributed by atoms with Crippen LogP contribution in [0.25, 0.3) is 11.1 Å². The molecule has 2 aromatic carbocycles. The summed E-state index contributed by atoms with van der Waals surface area (Å²) >= 11 is 0. The maximum atomic E-state index is 13.7. The molecule has 2 aromatic rings. The van der Waals surface area contributed by atoms with Crippen molar-refractivity contribution in [3.8, 4) is 11.1 Å². The fourth-order valence-corrected chi connectivity index (χ4v) is 2.76. The van der Waals surface area contributed by atoms with Crippen LogP contribution in [0.4, 0.5) is 8.78 Å². The summed E-state index contributed by atoms with van der Waals surface area (Å²) in [7, 11) is 0. The van der Waals surface area contributed by atoms with Crippen LogP contribution in [0.1, 0.15) is 52.7 Å². The van der Waals surface area contributed by atoms with Gasteiger partial charge in [0.1, 0.15) is 11.6 Å². The van der Waals surface area contributed by atoms with Crippen LogP contribution >= 0.6 is 0 Å². The minimum atomic E-state index is -0.668. The molecule has 0 aliphatic heterocycles. The van der Waals surface area contributed by atoms with Crippen LogP contribution in [0.2, 0.25) is 0 Å². The molecule has 0 aliphatic carbocycles. The van der Waals surface area contributed by atoms with Crippen LogP contribution in [0.5, 0.6) is 0 Å². The Bertz CT molecular complexity index is 633. The van der Waals surface area contributed by atoms with Gasteiger partial charge in [-0.15, -0.1) is 0 Å². The Labute approximate surface area is 132 Å². The highest BCUT2D eigenvalue weighted by Crippen LogP contribution is 2.40. The minimum Gasteiger partial charge on any atom is -0.206 e. The zero-order valence-electron chi connectivity index (χ0n) is 14.1. The summed E-state index contributed by atoms with van der Waals surface area (Å²) in [6, 6.07) is 10.9. The highest BCUT2D eigenvalue weighted by molar-refractivity contribution is 5.73. The smallest absolute Gasteiger partial charge is 0.134 e. The summed E-state index contributed by atoms with van der Waals surface area (Å²) < 4.78 is 27.3. The van der Waals surface area contributed by atoms with Gasteiger partial charge < -0.3 is 0 Å². The van der Waals surface area contributed by atoms with Gasteiger partial charge in [-0.3, -0.25) is 0 Å². The van der Waals surface area contributed by atoms with E-state index in [0.29, 0.717) is 5.56 Å². The summed E-state index contributed by atoms with van der Waals surface area (Å²) in [5.74, 6) is -1.34. The lowest BCUT2D eigenvalue weighted by atomic mass is 9.74. The quantitative estimate of drug-likeness (QED) is 0.603. The Morgan fingerprint density at radius 3 is 1.55 bits per heavy atom. The Morgan fingerprint density at radius 2 is 1.18 bits per heavy atom. The van der Waals surface area contributed by atoms with Crippen LogP contribution in [0.3, 0.4) is 0 Å². The van der Waals surface area contributed by atoms with E-state index in [9.17, 15) is 8.78 Å². The molecule has 0 nitrogen and oxygen atoms in total. The molecule has 0 unspecified atom stereocenters. The van der Waals surface area contributed by atoms with Crippen LogP contribution in [0.15, 0.2) is 30.3 Å². The predicted octanol–water partition coefficient (Wildman–Crippen LogP) is 6.03. The van der Waals surface area contributed by atoms with E-state index < -0.39 is 11.6 Å². The summed E-state index contributed by atoms with van der Waals surface area (Å²) in [6.07, 6.45) is 0. The van der Waals surface area contributed by atoms with Gasteiger partial charge in [-0.05, 0) is 45.2 Å². The van der Waals surface area contributed by atoms with Crippen molar-refractivity contribution >= 4 is 0 Å². The Balaban J connectivity index is 2.86. The molecule has 0 saturated carbocycles. The van der Waals surface area contributed by atoms with Gasteiger partial charge in [0.05, 0.1) is 6.07 Å². The molecule has 0 aromatic heterocycles. The van der Waals surface area contributed by atoms with Crippen molar-refractivity contribution in [2.24, 2.45) is 0 Å². The lowest BCUT2D eigenvalue weighted by molar-refractivity contribution is 0.568. The topological polar surface area (TPSA) is 0 Å². The third-order valence-electron chi connectivity index (χ3n) is 3.77. The number of halogens is 2. The van der Waals surface area contributed by atoms with Gasteiger partial charge in [-0.25, -0.2) is 8.78 Å². The van der Waals surface area contributed by atoms with Gasteiger partial charge >= 0.3 is 0 Å². The summed E-state index contributed by atoms with van der Waals surface area (Å²) in [6.45, 7) is 12.7. The monoisotopic (exact) mass is 301 g/mol. The number of rotatable bonds is 1. The number of hydrogen-bond acceptors (Lipinski definition) is 0. The number of benzene rings is 2. The molecule has 0 aliphatic rings. The third-order valence-corrected chi connectivity index (χ3v) is 3.77. The maximum Gasteiger partial charge on any atom is 0.134 e. The maximum absolute atomic E-state index is 13.7. The first-order chi connectivity index (χ1) is 10.00. The van der Waals surface area contributed by atoms with Crippen molar-refractivity contribution in [1.29, 1.82) is 0 Å². The van der Waals surface area contributed by atoms with Crippen molar-refractivity contribution in [3.63, 3.8) is 0 Å². The molecule has 22 heavy (non-hydrogen) atoms. The second kappa shape index (κ2) is 5.49. The van der Waals surface area contributed by atoms with E-state index in [0.717, 1.165) is 16.7 Å². The van der Waals surface area contributed by atoms with E-state index in [1.165, 1.54) is 12.1 Å². The van der Waals surface area contributed by atoms with Crippen LogP contribution in [-0.4, -0.2) is 0 Å². The standard InChI is InChI=1S/C20H23F2/c1-19(2,3)16-8-7-9-17(20(4,5)6)18(16)13-10-14(21)12-15(22)11-13/h7-11H,1-6H3. The SMILES string of the molecule is CC(C)(C)c1cccc(C(C)(C)C)c1-c1cc(F)[c]c(F)c1. The molecule has 0 spiro atoms. The van der Waals surface area contributed by atoms with Crippen LogP contribution < -0.4 is 0 Å². The molecule has 0 amide bonds. The molecule has 1 radical (unpaired) electrons. The molecule has 0 bridgehead atoms. The van der Waals surface area contributed by atoms with E-state index in [1.807, 2.05) is 18.2 Å². The van der Waals surface area contributed by atoms with Crippen molar-refractivity contribution in [1.82, 2.24) is 0 Å². The van der Waals surface area contributed by atoms with Crippen molar-refractivity contribution in [3.05, 3.63) is 59.2 Å². The van der Waals surface area contributed by atoms with E-state index >= 15 is 0 Å². The molecular weight excluding hydrogens is 278 g/mol. The minimum absolute atomic E-state index is 0.122. The molecule has 117 valence electrons. The predicted molar refractivity (Wildman–Crippen MR) is 88.0 cm³/mol. The molecule has 0 atom stereocenters. The van der Waals surface area contributed by atoms with Gasteiger partial charge in [0.15, 0.2) is 0 Å². The van der Waals surface area contributed by atoms with Crippen LogP contribution in [0, 0.1) is 17.7 Å².